The van der Waals surface area contributed by atoms with E-state index in [1.54, 1.807) is 34.4 Å². The van der Waals surface area contributed by atoms with E-state index >= 15 is 0 Å². The first-order valence-electron chi connectivity index (χ1n) is 11.0. The van der Waals surface area contributed by atoms with Crippen LogP contribution in [0.3, 0.4) is 0 Å². The molecule has 4 rings (SSSR count). The van der Waals surface area contributed by atoms with Crippen LogP contribution in [0.5, 0.6) is 5.75 Å². The summed E-state index contributed by atoms with van der Waals surface area (Å²) in [4.78, 5) is 31.0. The van der Waals surface area contributed by atoms with Crippen molar-refractivity contribution in [2.75, 3.05) is 19.7 Å². The number of hydrogen-bond donors (Lipinski definition) is 0. The van der Waals surface area contributed by atoms with Crippen molar-refractivity contribution in [3.8, 4) is 5.75 Å². The molecule has 0 bridgehead atoms. The van der Waals surface area contributed by atoms with Crippen molar-refractivity contribution >= 4 is 23.2 Å². The number of para-hydroxylation sites is 1. The molecular weight excluding hydrogens is 415 g/mol. The minimum atomic E-state index is -0.417. The lowest BCUT2D eigenvalue weighted by Crippen LogP contribution is -2.50. The van der Waals surface area contributed by atoms with Crippen LogP contribution in [0.4, 0.5) is 4.39 Å². The smallest absolute Gasteiger partial charge is 0.242 e. The van der Waals surface area contributed by atoms with E-state index in [2.05, 4.69) is 0 Å². The lowest BCUT2D eigenvalue weighted by Gasteiger charge is -2.38. The summed E-state index contributed by atoms with van der Waals surface area (Å²) < 4.78 is 19.9. The Balaban J connectivity index is 1.52. The third-order valence-corrected chi connectivity index (χ3v) is 7.28. The SMILES string of the molecule is CCC(C)N(CC(=O)N1CCc2sccc2C1COc1ccccc1F)C(=O)C1CC1. The van der Waals surface area contributed by atoms with Crippen molar-refractivity contribution in [2.45, 2.75) is 51.6 Å². The standard InChI is InChI=1S/C24H29FN2O3S/c1-3-16(2)27(24(29)17-8-9-17)14-23(28)26-12-10-22-18(11-13-31-22)20(26)15-30-21-7-5-4-6-19(21)25/h4-7,11,13,16-17,20H,3,8-10,12,14-15H2,1-2H3. The minimum Gasteiger partial charge on any atom is -0.488 e. The summed E-state index contributed by atoms with van der Waals surface area (Å²) in [5, 5.41) is 2.02. The molecule has 2 unspecified atom stereocenters. The topological polar surface area (TPSA) is 49.9 Å². The Bertz CT molecular complexity index is 942. The molecule has 0 N–H and O–H groups in total. The zero-order chi connectivity index (χ0) is 22.0. The molecule has 0 radical (unpaired) electrons. The zero-order valence-corrected chi connectivity index (χ0v) is 18.9. The van der Waals surface area contributed by atoms with Gasteiger partial charge in [-0.15, -0.1) is 11.3 Å². The number of nitrogens with zero attached hydrogens (tertiary/aromatic N) is 2. The van der Waals surface area contributed by atoms with Crippen molar-refractivity contribution in [1.29, 1.82) is 0 Å². The highest BCUT2D eigenvalue weighted by Crippen LogP contribution is 2.35. The molecule has 1 aromatic carbocycles. The van der Waals surface area contributed by atoms with E-state index in [9.17, 15) is 14.0 Å². The number of rotatable bonds is 8. The van der Waals surface area contributed by atoms with Gasteiger partial charge in [0.05, 0.1) is 6.04 Å². The monoisotopic (exact) mass is 444 g/mol. The second-order valence-corrected chi connectivity index (χ2v) is 9.39. The van der Waals surface area contributed by atoms with Crippen molar-refractivity contribution in [3.63, 3.8) is 0 Å². The lowest BCUT2D eigenvalue weighted by atomic mass is 10.00. The average Bonchev–Trinajstić information content (AvgIpc) is 3.52. The molecule has 1 aliphatic heterocycles. The number of benzene rings is 1. The molecule has 2 heterocycles. The number of ether oxygens (including phenoxy) is 1. The van der Waals surface area contributed by atoms with Crippen LogP contribution in [-0.2, 0) is 16.0 Å². The summed E-state index contributed by atoms with van der Waals surface area (Å²) in [7, 11) is 0. The highest BCUT2D eigenvalue weighted by molar-refractivity contribution is 7.10. The molecule has 5 nitrogen and oxygen atoms in total. The van der Waals surface area contributed by atoms with Gasteiger partial charge >= 0.3 is 0 Å². The quantitative estimate of drug-likeness (QED) is 0.605. The maximum absolute atomic E-state index is 14.1. The average molecular weight is 445 g/mol. The molecule has 2 amide bonds. The number of fused-ring (bicyclic) bond motifs is 1. The number of carbonyl (C=O) groups is 2. The largest absolute Gasteiger partial charge is 0.488 e. The van der Waals surface area contributed by atoms with Gasteiger partial charge in [0, 0.05) is 23.4 Å². The Kier molecular flexibility index (Phi) is 6.60. The van der Waals surface area contributed by atoms with Gasteiger partial charge in [0.2, 0.25) is 11.8 Å². The first kappa shape index (κ1) is 21.8. The van der Waals surface area contributed by atoms with Gasteiger partial charge in [0.15, 0.2) is 11.6 Å². The van der Waals surface area contributed by atoms with Gasteiger partial charge < -0.3 is 14.5 Å². The van der Waals surface area contributed by atoms with Crippen LogP contribution in [0.1, 0.15) is 49.6 Å². The molecule has 2 aromatic rings. The first-order valence-corrected chi connectivity index (χ1v) is 11.9. The molecule has 0 saturated heterocycles. The van der Waals surface area contributed by atoms with Crippen LogP contribution in [0, 0.1) is 11.7 Å². The molecular formula is C24H29FN2O3S. The van der Waals surface area contributed by atoms with Crippen LogP contribution in [0.2, 0.25) is 0 Å². The molecule has 0 spiro atoms. The maximum Gasteiger partial charge on any atom is 0.242 e. The second-order valence-electron chi connectivity index (χ2n) is 8.39. The van der Waals surface area contributed by atoms with Gasteiger partial charge in [-0.05, 0) is 61.7 Å². The summed E-state index contributed by atoms with van der Waals surface area (Å²) in [6.07, 6.45) is 3.43. The number of amides is 2. The highest BCUT2D eigenvalue weighted by Gasteiger charge is 2.38. The summed E-state index contributed by atoms with van der Waals surface area (Å²) in [5.74, 6) is -0.141. The van der Waals surface area contributed by atoms with E-state index in [-0.39, 0.29) is 48.7 Å². The lowest BCUT2D eigenvalue weighted by molar-refractivity contribution is -0.145. The maximum atomic E-state index is 14.1. The molecule has 2 aliphatic rings. The molecule has 166 valence electrons. The van der Waals surface area contributed by atoms with Gasteiger partial charge in [0.1, 0.15) is 13.2 Å². The summed E-state index contributed by atoms with van der Waals surface area (Å²) in [6, 6.07) is 8.06. The number of thiophene rings is 1. The first-order chi connectivity index (χ1) is 15.0. The van der Waals surface area contributed by atoms with E-state index in [0.29, 0.717) is 6.54 Å². The highest BCUT2D eigenvalue weighted by atomic mass is 32.1. The van der Waals surface area contributed by atoms with E-state index in [0.717, 1.165) is 31.2 Å². The third kappa shape index (κ3) is 4.76. The van der Waals surface area contributed by atoms with Crippen molar-refractivity contribution < 1.29 is 18.7 Å². The van der Waals surface area contributed by atoms with Crippen molar-refractivity contribution in [2.24, 2.45) is 5.92 Å². The number of carbonyl (C=O) groups excluding carboxylic acids is 2. The Morgan fingerprint density at radius 3 is 2.77 bits per heavy atom. The van der Waals surface area contributed by atoms with Crippen LogP contribution in [0.15, 0.2) is 35.7 Å². The van der Waals surface area contributed by atoms with Gasteiger partial charge in [-0.25, -0.2) is 4.39 Å². The third-order valence-electron chi connectivity index (χ3n) is 6.29. The summed E-state index contributed by atoms with van der Waals surface area (Å²) in [5.41, 5.74) is 1.06. The van der Waals surface area contributed by atoms with Crippen LogP contribution >= 0.6 is 11.3 Å². The van der Waals surface area contributed by atoms with Crippen LogP contribution < -0.4 is 4.74 Å². The summed E-state index contributed by atoms with van der Waals surface area (Å²) >= 11 is 1.68. The fourth-order valence-corrected chi connectivity index (χ4v) is 5.01. The molecule has 1 aliphatic carbocycles. The Labute approximate surface area is 186 Å². The molecule has 1 fully saturated rings. The fourth-order valence-electron chi connectivity index (χ4n) is 4.08. The van der Waals surface area contributed by atoms with Crippen molar-refractivity contribution in [1.82, 2.24) is 9.80 Å². The predicted octanol–water partition coefficient (Wildman–Crippen LogP) is 4.43. The van der Waals surface area contributed by atoms with Gasteiger partial charge in [-0.2, -0.15) is 0 Å². The number of hydrogen-bond acceptors (Lipinski definition) is 4. The molecule has 2 atom stereocenters. The van der Waals surface area contributed by atoms with Crippen molar-refractivity contribution in [3.05, 3.63) is 52.0 Å². The minimum absolute atomic E-state index is 0.0201. The second kappa shape index (κ2) is 9.39. The summed E-state index contributed by atoms with van der Waals surface area (Å²) in [6.45, 7) is 4.87. The van der Waals surface area contributed by atoms with Gasteiger partial charge in [0.25, 0.3) is 0 Å². The zero-order valence-electron chi connectivity index (χ0n) is 18.1. The van der Waals surface area contributed by atoms with E-state index in [1.165, 1.54) is 10.9 Å². The van der Waals surface area contributed by atoms with E-state index in [1.807, 2.05) is 30.2 Å². The number of halogens is 1. The fraction of sp³-hybridized carbons (Fsp3) is 0.500. The van der Waals surface area contributed by atoms with Crippen LogP contribution in [0.25, 0.3) is 0 Å². The molecule has 7 heteroatoms. The molecule has 31 heavy (non-hydrogen) atoms. The Morgan fingerprint density at radius 2 is 2.06 bits per heavy atom. The normalized spacial score (nSPS) is 18.9. The molecule has 1 aromatic heterocycles. The van der Waals surface area contributed by atoms with E-state index in [4.69, 9.17) is 4.74 Å². The van der Waals surface area contributed by atoms with Gasteiger partial charge in [-0.3, -0.25) is 9.59 Å². The molecule has 1 saturated carbocycles. The Hall–Kier alpha value is -2.41. The van der Waals surface area contributed by atoms with E-state index < -0.39 is 5.82 Å². The Morgan fingerprint density at radius 1 is 1.29 bits per heavy atom. The van der Waals surface area contributed by atoms with Crippen LogP contribution in [-0.4, -0.2) is 47.4 Å². The van der Waals surface area contributed by atoms with Gasteiger partial charge in [-0.1, -0.05) is 19.1 Å². The predicted molar refractivity (Wildman–Crippen MR) is 119 cm³/mol.